The molecule has 1 saturated heterocycles. The molecule has 1 aromatic heterocycles. The van der Waals surface area contributed by atoms with Crippen LogP contribution < -0.4 is 20.3 Å². The van der Waals surface area contributed by atoms with E-state index in [4.69, 9.17) is 5.11 Å². The SMILES string of the molecule is N#Cc1ccc2nc1NCCCCC1CN(CCC13CC3)c1cc(NS(=O)(=O)CCO)ccc1C(=O)N2. The second-order valence-corrected chi connectivity index (χ2v) is 12.1. The van der Waals surface area contributed by atoms with Crippen molar-refractivity contribution in [1.82, 2.24) is 4.98 Å². The maximum absolute atomic E-state index is 13.5. The Labute approximate surface area is 217 Å². The molecular formula is C26H32N6O4S. The first-order valence-electron chi connectivity index (χ1n) is 12.8. The maximum Gasteiger partial charge on any atom is 0.258 e. The second kappa shape index (κ2) is 10.2. The van der Waals surface area contributed by atoms with Crippen LogP contribution in [0.5, 0.6) is 0 Å². The minimum Gasteiger partial charge on any atom is -0.395 e. The molecule has 0 radical (unpaired) electrons. The third-order valence-corrected chi connectivity index (χ3v) is 9.09. The average molecular weight is 525 g/mol. The lowest BCUT2D eigenvalue weighted by atomic mass is 9.79. The zero-order valence-electron chi connectivity index (χ0n) is 20.7. The summed E-state index contributed by atoms with van der Waals surface area (Å²) in [7, 11) is -3.71. The first-order valence-corrected chi connectivity index (χ1v) is 14.4. The molecule has 4 bridgehead atoms. The van der Waals surface area contributed by atoms with Gasteiger partial charge >= 0.3 is 0 Å². The van der Waals surface area contributed by atoms with Crippen molar-refractivity contribution in [1.29, 1.82) is 5.26 Å². The standard InChI is InChI=1S/C26H32N6O4S/c27-16-18-4-7-23-29-24(18)28-11-2-1-3-19-17-32(12-10-26(19)8-9-26)22-15-20(31-37(35,36)14-13-33)5-6-21(22)25(34)30-23/h4-7,15,19,31,33H,1-3,8-14,17H2,(H2,28,29,30,34). The lowest BCUT2D eigenvalue weighted by molar-refractivity contribution is 0.102. The first-order chi connectivity index (χ1) is 17.8. The second-order valence-electron chi connectivity index (χ2n) is 10.2. The molecule has 2 aromatic rings. The van der Waals surface area contributed by atoms with E-state index in [-0.39, 0.29) is 5.91 Å². The van der Waals surface area contributed by atoms with Gasteiger partial charge in [0.2, 0.25) is 10.0 Å². The highest BCUT2D eigenvalue weighted by Gasteiger charge is 2.51. The minimum absolute atomic E-state index is 0.327. The molecule has 4 N–H and O–H groups in total. The van der Waals surface area contributed by atoms with Gasteiger partial charge in [0, 0.05) is 19.6 Å². The van der Waals surface area contributed by atoms with Crippen LogP contribution in [0.25, 0.3) is 0 Å². The lowest BCUT2D eigenvalue weighted by Crippen LogP contribution is -2.42. The highest BCUT2D eigenvalue weighted by molar-refractivity contribution is 7.92. The molecule has 10 nitrogen and oxygen atoms in total. The lowest BCUT2D eigenvalue weighted by Gasteiger charge is -2.41. The number of nitrogens with one attached hydrogen (secondary N) is 3. The molecule has 5 rings (SSSR count). The fourth-order valence-electron chi connectivity index (χ4n) is 5.61. The van der Waals surface area contributed by atoms with E-state index in [0.29, 0.717) is 52.0 Å². The number of aromatic nitrogens is 1. The molecule has 2 aliphatic heterocycles. The van der Waals surface area contributed by atoms with E-state index in [1.165, 1.54) is 12.8 Å². The van der Waals surface area contributed by atoms with Crippen molar-refractivity contribution in [2.75, 3.05) is 52.2 Å². The van der Waals surface area contributed by atoms with E-state index in [2.05, 4.69) is 31.3 Å². The summed E-state index contributed by atoms with van der Waals surface area (Å²) in [5.41, 5.74) is 2.24. The zero-order valence-corrected chi connectivity index (χ0v) is 21.5. The molecule has 3 aliphatic rings. The summed E-state index contributed by atoms with van der Waals surface area (Å²) < 4.78 is 27.1. The number of sulfonamides is 1. The van der Waals surface area contributed by atoms with Crippen LogP contribution in [0.3, 0.4) is 0 Å². The maximum atomic E-state index is 13.5. The number of piperidine rings is 1. The molecule has 11 heteroatoms. The molecule has 1 unspecified atom stereocenters. The number of pyridine rings is 1. The van der Waals surface area contributed by atoms with Gasteiger partial charge in [-0.25, -0.2) is 13.4 Å². The summed E-state index contributed by atoms with van der Waals surface area (Å²) in [6.45, 7) is 1.82. The fraction of sp³-hybridized carbons (Fsp3) is 0.500. The van der Waals surface area contributed by atoms with Crippen molar-refractivity contribution in [3.05, 3.63) is 41.5 Å². The van der Waals surface area contributed by atoms with Gasteiger partial charge in [-0.1, -0.05) is 6.42 Å². The van der Waals surface area contributed by atoms with Crippen molar-refractivity contribution >= 4 is 38.9 Å². The summed E-state index contributed by atoms with van der Waals surface area (Å²) >= 11 is 0. The number of aliphatic hydroxyl groups is 1. The quantitative estimate of drug-likeness (QED) is 0.477. The Morgan fingerprint density at radius 2 is 2.05 bits per heavy atom. The van der Waals surface area contributed by atoms with E-state index >= 15 is 0 Å². The summed E-state index contributed by atoms with van der Waals surface area (Å²) in [4.78, 5) is 20.1. The van der Waals surface area contributed by atoms with Crippen LogP contribution in [-0.4, -0.2) is 56.4 Å². The van der Waals surface area contributed by atoms with Gasteiger partial charge < -0.3 is 20.6 Å². The van der Waals surface area contributed by atoms with Gasteiger partial charge in [0.25, 0.3) is 5.91 Å². The van der Waals surface area contributed by atoms with Crippen LogP contribution in [0.2, 0.25) is 0 Å². The number of rotatable bonds is 4. The van der Waals surface area contributed by atoms with Crippen LogP contribution in [0.4, 0.5) is 23.0 Å². The average Bonchev–Trinajstić information content (AvgIpc) is 3.64. The first kappa shape index (κ1) is 25.3. The molecule has 3 heterocycles. The van der Waals surface area contributed by atoms with Crippen molar-refractivity contribution < 1.29 is 18.3 Å². The van der Waals surface area contributed by atoms with Crippen molar-refractivity contribution in [3.8, 4) is 6.07 Å². The number of carbonyl (C=O) groups excluding carboxylic acids is 1. The Balaban J connectivity index is 1.53. The van der Waals surface area contributed by atoms with E-state index in [0.717, 1.165) is 38.8 Å². The van der Waals surface area contributed by atoms with Gasteiger partial charge in [-0.2, -0.15) is 5.26 Å². The predicted molar refractivity (Wildman–Crippen MR) is 142 cm³/mol. The molecule has 1 saturated carbocycles. The number of benzene rings is 1. The largest absolute Gasteiger partial charge is 0.395 e. The van der Waals surface area contributed by atoms with Crippen molar-refractivity contribution in [2.24, 2.45) is 11.3 Å². The molecule has 1 amide bonds. The molecule has 2 fully saturated rings. The molecule has 196 valence electrons. The third-order valence-electron chi connectivity index (χ3n) is 7.82. The Bertz CT molecular complexity index is 1340. The fourth-order valence-corrected chi connectivity index (χ4v) is 6.44. The van der Waals surface area contributed by atoms with Crippen LogP contribution in [-0.2, 0) is 10.0 Å². The topological polar surface area (TPSA) is 147 Å². The smallest absolute Gasteiger partial charge is 0.258 e. The summed E-state index contributed by atoms with van der Waals surface area (Å²) in [5.74, 6) is 0.505. The van der Waals surface area contributed by atoms with Crippen LogP contribution in [0, 0.1) is 22.7 Å². The number of carbonyl (C=O) groups is 1. The van der Waals surface area contributed by atoms with Gasteiger partial charge in [0.05, 0.1) is 34.9 Å². The molecular weight excluding hydrogens is 492 g/mol. The normalized spacial score (nSPS) is 20.9. The van der Waals surface area contributed by atoms with Gasteiger partial charge in [0.15, 0.2) is 0 Å². The Morgan fingerprint density at radius 3 is 2.81 bits per heavy atom. The number of hydrogen-bond donors (Lipinski definition) is 4. The molecule has 1 aromatic carbocycles. The summed E-state index contributed by atoms with van der Waals surface area (Å²) in [6, 6.07) is 10.3. The van der Waals surface area contributed by atoms with Crippen molar-refractivity contribution in [3.63, 3.8) is 0 Å². The third kappa shape index (κ3) is 5.50. The predicted octanol–water partition coefficient (Wildman–Crippen LogP) is 3.14. The number of aliphatic hydroxyl groups excluding tert-OH is 1. The molecule has 37 heavy (non-hydrogen) atoms. The number of hydrogen-bond acceptors (Lipinski definition) is 8. The van der Waals surface area contributed by atoms with E-state index < -0.39 is 22.4 Å². The van der Waals surface area contributed by atoms with E-state index in [9.17, 15) is 18.5 Å². The van der Waals surface area contributed by atoms with Gasteiger partial charge in [-0.15, -0.1) is 0 Å². The molecule has 1 aliphatic carbocycles. The Morgan fingerprint density at radius 1 is 1.22 bits per heavy atom. The number of fused-ring (bicyclic) bond motifs is 7. The van der Waals surface area contributed by atoms with Gasteiger partial charge in [-0.3, -0.25) is 9.52 Å². The number of amides is 1. The van der Waals surface area contributed by atoms with E-state index in [1.54, 1.807) is 30.3 Å². The van der Waals surface area contributed by atoms with E-state index in [1.807, 2.05) is 0 Å². The number of nitriles is 1. The highest BCUT2D eigenvalue weighted by Crippen LogP contribution is 2.58. The van der Waals surface area contributed by atoms with Gasteiger partial charge in [-0.05, 0) is 73.8 Å². The minimum atomic E-state index is -3.71. The monoisotopic (exact) mass is 524 g/mol. The Hall–Kier alpha value is -3.36. The summed E-state index contributed by atoms with van der Waals surface area (Å²) in [6.07, 6.45) is 6.58. The Kier molecular flexibility index (Phi) is 6.96. The van der Waals surface area contributed by atoms with Crippen molar-refractivity contribution in [2.45, 2.75) is 38.5 Å². The van der Waals surface area contributed by atoms with Crippen LogP contribution >= 0.6 is 0 Å². The van der Waals surface area contributed by atoms with Gasteiger partial charge in [0.1, 0.15) is 17.7 Å². The molecule has 1 atom stereocenters. The van der Waals surface area contributed by atoms with Crippen LogP contribution in [0.1, 0.15) is 54.4 Å². The van der Waals surface area contributed by atoms with Crippen LogP contribution in [0.15, 0.2) is 30.3 Å². The number of nitrogens with zero attached hydrogens (tertiary/aromatic N) is 3. The molecule has 1 spiro atoms. The highest BCUT2D eigenvalue weighted by atomic mass is 32.2. The number of anilines is 4. The summed E-state index contributed by atoms with van der Waals surface area (Å²) in [5, 5.41) is 24.7. The zero-order chi connectivity index (χ0) is 26.0.